The fraction of sp³-hybridized carbons (Fsp3) is 0.241. The topological polar surface area (TPSA) is 97.3 Å². The van der Waals surface area contributed by atoms with E-state index in [4.69, 9.17) is 37.7 Å². The molecule has 0 saturated carbocycles. The second-order valence-electron chi connectivity index (χ2n) is 8.76. The number of amides is 2. The van der Waals surface area contributed by atoms with E-state index in [1.54, 1.807) is 61.4 Å². The van der Waals surface area contributed by atoms with Crippen LogP contribution in [0.25, 0.3) is 0 Å². The molecule has 1 unspecified atom stereocenters. The first-order valence-corrected chi connectivity index (χ1v) is 14.1. The maximum atomic E-state index is 13.3. The van der Waals surface area contributed by atoms with Crippen LogP contribution < -0.4 is 10.1 Å². The first-order chi connectivity index (χ1) is 19.2. The number of ether oxygens (including phenoxy) is 2. The number of carbonyl (C=O) groups is 3. The van der Waals surface area contributed by atoms with Crippen LogP contribution in [0.5, 0.6) is 5.75 Å². The van der Waals surface area contributed by atoms with Gasteiger partial charge in [0.1, 0.15) is 11.0 Å². The van der Waals surface area contributed by atoms with Gasteiger partial charge in [-0.1, -0.05) is 47.1 Å². The number of benzene rings is 3. The molecular formula is C29H27Cl2N3O5S. The van der Waals surface area contributed by atoms with Gasteiger partial charge >= 0.3 is 5.97 Å². The number of nitrogens with zero attached hydrogens (tertiary/aromatic N) is 2. The van der Waals surface area contributed by atoms with Crippen LogP contribution in [0, 0.1) is 0 Å². The van der Waals surface area contributed by atoms with Crippen LogP contribution in [-0.4, -0.2) is 53.4 Å². The molecule has 1 heterocycles. The molecule has 3 aromatic rings. The average Bonchev–Trinajstić information content (AvgIpc) is 2.92. The molecule has 4 rings (SSSR count). The molecule has 3 aromatic carbocycles. The maximum absolute atomic E-state index is 13.3. The number of esters is 1. The number of nitrogens with one attached hydrogen (secondary N) is 1. The molecule has 8 nitrogen and oxygen atoms in total. The van der Waals surface area contributed by atoms with E-state index in [0.717, 1.165) is 11.3 Å². The Bertz CT molecular complexity index is 1390. The number of hydrogen-bond acceptors (Lipinski definition) is 7. The van der Waals surface area contributed by atoms with Crippen molar-refractivity contribution in [2.75, 3.05) is 25.6 Å². The van der Waals surface area contributed by atoms with Crippen LogP contribution in [0.15, 0.2) is 71.7 Å². The van der Waals surface area contributed by atoms with Gasteiger partial charge in [0.2, 0.25) is 11.8 Å². The summed E-state index contributed by atoms with van der Waals surface area (Å²) in [6.07, 6.45) is 0.573. The van der Waals surface area contributed by atoms with Crippen molar-refractivity contribution >= 4 is 69.3 Å². The van der Waals surface area contributed by atoms with E-state index in [9.17, 15) is 14.4 Å². The SMILES string of the molecule is CCOC(=O)c1ccc(N=C2SC(C(=O)Nc3cc(Cl)cc(Cl)c3)CC(=O)N2CCc2ccc(OC)cc2)cc1. The summed E-state index contributed by atoms with van der Waals surface area (Å²) in [4.78, 5) is 44.8. The Hall–Kier alpha value is -3.53. The van der Waals surface area contributed by atoms with Crippen LogP contribution in [0.2, 0.25) is 10.0 Å². The first kappa shape index (κ1) is 29.5. The molecule has 0 radical (unpaired) electrons. The predicted octanol–water partition coefficient (Wildman–Crippen LogP) is 6.38. The molecule has 1 atom stereocenters. The summed E-state index contributed by atoms with van der Waals surface area (Å²) in [6, 6.07) is 18.9. The Labute approximate surface area is 246 Å². The van der Waals surface area contributed by atoms with Crippen molar-refractivity contribution in [3.8, 4) is 5.75 Å². The number of aliphatic imine (C=N–C) groups is 1. The summed E-state index contributed by atoms with van der Waals surface area (Å²) in [5, 5.41) is 3.23. The summed E-state index contributed by atoms with van der Waals surface area (Å²) in [7, 11) is 1.61. The molecule has 1 N–H and O–H groups in total. The third kappa shape index (κ3) is 7.78. The zero-order chi connectivity index (χ0) is 28.6. The third-order valence-electron chi connectivity index (χ3n) is 5.95. The van der Waals surface area contributed by atoms with Crippen LogP contribution in [0.4, 0.5) is 11.4 Å². The summed E-state index contributed by atoms with van der Waals surface area (Å²) in [6.45, 7) is 2.38. The zero-order valence-electron chi connectivity index (χ0n) is 21.9. The number of carbonyl (C=O) groups excluding carboxylic acids is 3. The van der Waals surface area contributed by atoms with Gasteiger partial charge in [-0.2, -0.15) is 0 Å². The minimum Gasteiger partial charge on any atom is -0.497 e. The van der Waals surface area contributed by atoms with E-state index < -0.39 is 11.2 Å². The lowest BCUT2D eigenvalue weighted by molar-refractivity contribution is -0.129. The van der Waals surface area contributed by atoms with Gasteiger partial charge < -0.3 is 14.8 Å². The van der Waals surface area contributed by atoms with Crippen molar-refractivity contribution in [1.82, 2.24) is 4.90 Å². The molecule has 0 aliphatic carbocycles. The van der Waals surface area contributed by atoms with Gasteiger partial charge in [0.05, 0.1) is 25.0 Å². The van der Waals surface area contributed by atoms with Crippen molar-refractivity contribution in [3.63, 3.8) is 0 Å². The minimum atomic E-state index is -0.722. The Morgan fingerprint density at radius 3 is 2.35 bits per heavy atom. The van der Waals surface area contributed by atoms with Crippen LogP contribution in [-0.2, 0) is 20.7 Å². The second-order valence-corrected chi connectivity index (χ2v) is 10.8. The number of hydrogen-bond donors (Lipinski definition) is 1. The quantitative estimate of drug-likeness (QED) is 0.286. The van der Waals surface area contributed by atoms with E-state index in [2.05, 4.69) is 5.32 Å². The molecular weight excluding hydrogens is 573 g/mol. The molecule has 2 amide bonds. The average molecular weight is 601 g/mol. The number of anilines is 1. The number of halogens is 2. The second kappa shape index (κ2) is 13.7. The number of thioether (sulfide) groups is 1. The van der Waals surface area contributed by atoms with Crippen molar-refractivity contribution in [3.05, 3.63) is 87.9 Å². The Morgan fingerprint density at radius 2 is 1.73 bits per heavy atom. The predicted molar refractivity (Wildman–Crippen MR) is 159 cm³/mol. The molecule has 0 aromatic heterocycles. The van der Waals surface area contributed by atoms with Gasteiger partial charge in [-0.3, -0.25) is 14.5 Å². The van der Waals surface area contributed by atoms with Gasteiger partial charge in [0.25, 0.3) is 0 Å². The molecule has 1 aliphatic heterocycles. The number of rotatable bonds is 9. The van der Waals surface area contributed by atoms with E-state index in [1.807, 2.05) is 24.3 Å². The molecule has 1 fully saturated rings. The monoisotopic (exact) mass is 599 g/mol. The van der Waals surface area contributed by atoms with Gasteiger partial charge in [0, 0.05) is 28.7 Å². The Kier molecular flexibility index (Phi) is 10.1. The van der Waals surface area contributed by atoms with E-state index in [1.165, 1.54) is 11.8 Å². The van der Waals surface area contributed by atoms with Gasteiger partial charge in [-0.05, 0) is 73.5 Å². The summed E-state index contributed by atoms with van der Waals surface area (Å²) >= 11 is 13.3. The van der Waals surface area contributed by atoms with Crippen LogP contribution in [0.3, 0.4) is 0 Å². The van der Waals surface area contributed by atoms with Crippen molar-refractivity contribution in [2.24, 2.45) is 4.99 Å². The largest absolute Gasteiger partial charge is 0.497 e. The molecule has 11 heteroatoms. The fourth-order valence-corrected chi connectivity index (χ4v) is 5.59. The lowest BCUT2D eigenvalue weighted by atomic mass is 10.1. The van der Waals surface area contributed by atoms with Crippen LogP contribution >= 0.6 is 35.0 Å². The first-order valence-electron chi connectivity index (χ1n) is 12.5. The summed E-state index contributed by atoms with van der Waals surface area (Å²) in [5.74, 6) is -0.269. The number of methoxy groups -OCH3 is 1. The Morgan fingerprint density at radius 1 is 1.05 bits per heavy atom. The highest BCUT2D eigenvalue weighted by molar-refractivity contribution is 8.15. The van der Waals surface area contributed by atoms with Crippen molar-refractivity contribution < 1.29 is 23.9 Å². The Balaban J connectivity index is 1.56. The van der Waals surface area contributed by atoms with Gasteiger partial charge in [-0.25, -0.2) is 9.79 Å². The van der Waals surface area contributed by atoms with Gasteiger partial charge in [-0.15, -0.1) is 0 Å². The lowest BCUT2D eigenvalue weighted by Crippen LogP contribution is -2.46. The fourth-order valence-electron chi connectivity index (χ4n) is 3.94. The maximum Gasteiger partial charge on any atom is 0.338 e. The smallest absolute Gasteiger partial charge is 0.338 e. The van der Waals surface area contributed by atoms with Crippen molar-refractivity contribution in [2.45, 2.75) is 25.0 Å². The molecule has 40 heavy (non-hydrogen) atoms. The number of amidine groups is 1. The minimum absolute atomic E-state index is 0.00573. The lowest BCUT2D eigenvalue weighted by Gasteiger charge is -2.32. The molecule has 0 bridgehead atoms. The van der Waals surface area contributed by atoms with E-state index in [-0.39, 0.29) is 24.8 Å². The van der Waals surface area contributed by atoms with E-state index in [0.29, 0.717) is 45.1 Å². The molecule has 1 saturated heterocycles. The highest BCUT2D eigenvalue weighted by Gasteiger charge is 2.36. The van der Waals surface area contributed by atoms with Gasteiger partial charge in [0.15, 0.2) is 5.17 Å². The standard InChI is InChI=1S/C29H27Cl2N3O5S/c1-3-39-28(37)19-6-8-22(9-7-19)33-29-34(13-12-18-4-10-24(38-2)11-5-18)26(35)17-25(40-29)27(36)32-23-15-20(30)14-21(31)16-23/h4-11,14-16,25H,3,12-13,17H2,1-2H3,(H,32,36). The third-order valence-corrected chi connectivity index (χ3v) is 7.57. The normalized spacial score (nSPS) is 16.1. The highest BCUT2D eigenvalue weighted by atomic mass is 35.5. The van der Waals surface area contributed by atoms with Crippen LogP contribution in [0.1, 0.15) is 29.3 Å². The van der Waals surface area contributed by atoms with Crippen molar-refractivity contribution in [1.29, 1.82) is 0 Å². The highest BCUT2D eigenvalue weighted by Crippen LogP contribution is 2.31. The van der Waals surface area contributed by atoms with E-state index >= 15 is 0 Å². The summed E-state index contributed by atoms with van der Waals surface area (Å²) in [5.41, 5.74) is 2.38. The molecule has 208 valence electrons. The zero-order valence-corrected chi connectivity index (χ0v) is 24.2. The summed E-state index contributed by atoms with van der Waals surface area (Å²) < 4.78 is 10.3. The molecule has 0 spiro atoms. The molecule has 1 aliphatic rings.